The molecule has 0 aliphatic carbocycles. The molecule has 0 aromatic heterocycles. The van der Waals surface area contributed by atoms with Gasteiger partial charge in [0, 0.05) is 12.1 Å². The van der Waals surface area contributed by atoms with Gasteiger partial charge < -0.3 is 11.1 Å². The highest BCUT2D eigenvalue weighted by Gasteiger charge is 2.07. The van der Waals surface area contributed by atoms with E-state index in [4.69, 9.17) is 5.73 Å². The fourth-order valence-corrected chi connectivity index (χ4v) is 1.55. The van der Waals surface area contributed by atoms with Crippen LogP contribution in [0.5, 0.6) is 0 Å². The van der Waals surface area contributed by atoms with Gasteiger partial charge in [-0.05, 0) is 44.9 Å². The molecule has 1 amide bonds. The van der Waals surface area contributed by atoms with Crippen LogP contribution >= 0.6 is 12.4 Å². The molecule has 1 rings (SSSR count). The van der Waals surface area contributed by atoms with E-state index in [2.05, 4.69) is 5.32 Å². The summed E-state index contributed by atoms with van der Waals surface area (Å²) >= 11 is 0. The van der Waals surface area contributed by atoms with Crippen LogP contribution in [-0.2, 0) is 0 Å². The second kappa shape index (κ2) is 8.09. The quantitative estimate of drug-likeness (QED) is 0.794. The Kier molecular flexibility index (Phi) is 7.59. The Bertz CT molecular complexity index is 366. The van der Waals surface area contributed by atoms with Crippen molar-refractivity contribution in [2.75, 3.05) is 13.1 Å². The molecule has 17 heavy (non-hydrogen) atoms. The number of amides is 1. The lowest BCUT2D eigenvalue weighted by Gasteiger charge is -2.08. The number of rotatable bonds is 5. The van der Waals surface area contributed by atoms with E-state index in [9.17, 15) is 4.79 Å². The normalized spacial score (nSPS) is 9.59. The van der Waals surface area contributed by atoms with Gasteiger partial charge in [0.25, 0.3) is 5.91 Å². The highest BCUT2D eigenvalue weighted by molar-refractivity contribution is 5.95. The lowest BCUT2D eigenvalue weighted by Crippen LogP contribution is -2.25. The van der Waals surface area contributed by atoms with Crippen molar-refractivity contribution in [1.29, 1.82) is 0 Å². The van der Waals surface area contributed by atoms with Gasteiger partial charge in [-0.25, -0.2) is 0 Å². The first kappa shape index (κ1) is 15.9. The van der Waals surface area contributed by atoms with Crippen LogP contribution < -0.4 is 11.1 Å². The first-order valence-electron chi connectivity index (χ1n) is 5.70. The topological polar surface area (TPSA) is 55.1 Å². The molecule has 0 bridgehead atoms. The van der Waals surface area contributed by atoms with Gasteiger partial charge in [0.1, 0.15) is 0 Å². The average molecular weight is 257 g/mol. The van der Waals surface area contributed by atoms with Gasteiger partial charge in [-0.15, -0.1) is 12.4 Å². The molecule has 0 saturated heterocycles. The second-order valence-electron chi connectivity index (χ2n) is 4.07. The molecule has 0 fully saturated rings. The van der Waals surface area contributed by atoms with Crippen molar-refractivity contribution in [3.63, 3.8) is 0 Å². The van der Waals surface area contributed by atoms with Crippen molar-refractivity contribution in [3.8, 4) is 0 Å². The summed E-state index contributed by atoms with van der Waals surface area (Å²) in [6.45, 7) is 5.32. The Morgan fingerprint density at radius 1 is 1.29 bits per heavy atom. The summed E-state index contributed by atoms with van der Waals surface area (Å²) in [6, 6.07) is 5.91. The molecule has 0 unspecified atom stereocenters. The van der Waals surface area contributed by atoms with Crippen molar-refractivity contribution in [2.24, 2.45) is 5.73 Å². The minimum Gasteiger partial charge on any atom is -0.352 e. The van der Waals surface area contributed by atoms with Crippen molar-refractivity contribution >= 4 is 18.3 Å². The van der Waals surface area contributed by atoms with Crippen LogP contribution in [0, 0.1) is 13.8 Å². The van der Waals surface area contributed by atoms with Crippen LogP contribution in [0.2, 0.25) is 0 Å². The third-order valence-electron chi connectivity index (χ3n) is 2.55. The van der Waals surface area contributed by atoms with Gasteiger partial charge in [0.15, 0.2) is 0 Å². The number of nitrogens with two attached hydrogens (primary N) is 1. The third kappa shape index (κ3) is 5.20. The first-order valence-corrected chi connectivity index (χ1v) is 5.70. The number of aryl methyl sites for hydroxylation is 2. The molecule has 0 spiro atoms. The number of benzene rings is 1. The molecule has 0 aliphatic rings. The van der Waals surface area contributed by atoms with Crippen molar-refractivity contribution < 1.29 is 4.79 Å². The van der Waals surface area contributed by atoms with Gasteiger partial charge in [-0.3, -0.25) is 4.79 Å². The van der Waals surface area contributed by atoms with Crippen LogP contribution in [0.4, 0.5) is 0 Å². The van der Waals surface area contributed by atoms with Crippen molar-refractivity contribution in [1.82, 2.24) is 5.32 Å². The Balaban J connectivity index is 0.00000256. The smallest absolute Gasteiger partial charge is 0.251 e. The summed E-state index contributed by atoms with van der Waals surface area (Å²) in [5, 5.41) is 2.91. The summed E-state index contributed by atoms with van der Waals surface area (Å²) in [4.78, 5) is 11.8. The fourth-order valence-electron chi connectivity index (χ4n) is 1.55. The Morgan fingerprint density at radius 3 is 2.65 bits per heavy atom. The molecule has 0 aliphatic heterocycles. The summed E-state index contributed by atoms with van der Waals surface area (Å²) in [6.07, 6.45) is 1.89. The first-order chi connectivity index (χ1) is 7.65. The number of halogens is 1. The maximum atomic E-state index is 11.8. The third-order valence-corrected chi connectivity index (χ3v) is 2.55. The number of unbranched alkanes of at least 4 members (excludes halogenated alkanes) is 1. The maximum absolute atomic E-state index is 11.8. The second-order valence-corrected chi connectivity index (χ2v) is 4.07. The zero-order valence-electron chi connectivity index (χ0n) is 10.5. The Hall–Kier alpha value is -1.06. The molecular weight excluding hydrogens is 236 g/mol. The zero-order chi connectivity index (χ0) is 12.0. The van der Waals surface area contributed by atoms with E-state index < -0.39 is 0 Å². The summed E-state index contributed by atoms with van der Waals surface area (Å²) in [5.74, 6) is 0.0122. The van der Waals surface area contributed by atoms with Gasteiger partial charge in [0.2, 0.25) is 0 Å². The summed E-state index contributed by atoms with van der Waals surface area (Å²) in [7, 11) is 0. The lowest BCUT2D eigenvalue weighted by molar-refractivity contribution is 0.0952. The fraction of sp³-hybridized carbons (Fsp3) is 0.462. The number of hydrogen-bond donors (Lipinski definition) is 2. The molecule has 3 nitrogen and oxygen atoms in total. The van der Waals surface area contributed by atoms with E-state index in [1.807, 2.05) is 32.0 Å². The van der Waals surface area contributed by atoms with E-state index in [1.165, 1.54) is 0 Å². The molecule has 4 heteroatoms. The molecule has 0 heterocycles. The minimum atomic E-state index is 0. The van der Waals surface area contributed by atoms with Crippen LogP contribution in [0.3, 0.4) is 0 Å². The molecule has 0 saturated carbocycles. The lowest BCUT2D eigenvalue weighted by atomic mass is 10.1. The van der Waals surface area contributed by atoms with Gasteiger partial charge >= 0.3 is 0 Å². The molecule has 1 aromatic carbocycles. The van der Waals surface area contributed by atoms with Gasteiger partial charge in [-0.2, -0.15) is 0 Å². The SMILES string of the molecule is Cc1ccc(C)c(C(=O)NCCCCN)c1.Cl. The van der Waals surface area contributed by atoms with Gasteiger partial charge in [-0.1, -0.05) is 17.7 Å². The zero-order valence-corrected chi connectivity index (χ0v) is 11.3. The number of carbonyl (C=O) groups excluding carboxylic acids is 1. The van der Waals surface area contributed by atoms with E-state index in [0.29, 0.717) is 13.1 Å². The van der Waals surface area contributed by atoms with Crippen molar-refractivity contribution in [2.45, 2.75) is 26.7 Å². The molecule has 3 N–H and O–H groups in total. The standard InChI is InChI=1S/C13H20N2O.ClH/c1-10-5-6-11(2)12(9-10)13(16)15-8-4-3-7-14;/h5-6,9H,3-4,7-8,14H2,1-2H3,(H,15,16);1H. The molecular formula is C13H21ClN2O. The number of hydrogen-bond acceptors (Lipinski definition) is 2. The molecule has 0 atom stereocenters. The molecule has 1 aromatic rings. The number of nitrogens with one attached hydrogen (secondary N) is 1. The molecule has 0 radical (unpaired) electrons. The van der Waals surface area contributed by atoms with Crippen molar-refractivity contribution in [3.05, 3.63) is 34.9 Å². The predicted octanol–water partition coefficient (Wildman–Crippen LogP) is 2.19. The van der Waals surface area contributed by atoms with Crippen LogP contribution in [-0.4, -0.2) is 19.0 Å². The highest BCUT2D eigenvalue weighted by Crippen LogP contribution is 2.10. The average Bonchev–Trinajstić information content (AvgIpc) is 2.27. The predicted molar refractivity (Wildman–Crippen MR) is 73.8 cm³/mol. The van der Waals surface area contributed by atoms with E-state index in [0.717, 1.165) is 29.5 Å². The van der Waals surface area contributed by atoms with Crippen LogP contribution in [0.15, 0.2) is 18.2 Å². The number of carbonyl (C=O) groups is 1. The van der Waals surface area contributed by atoms with Crippen LogP contribution in [0.25, 0.3) is 0 Å². The van der Waals surface area contributed by atoms with E-state index in [-0.39, 0.29) is 18.3 Å². The Labute approximate surface area is 109 Å². The van der Waals surface area contributed by atoms with E-state index in [1.54, 1.807) is 0 Å². The highest BCUT2D eigenvalue weighted by atomic mass is 35.5. The largest absolute Gasteiger partial charge is 0.352 e. The summed E-state index contributed by atoms with van der Waals surface area (Å²) in [5.41, 5.74) is 8.28. The minimum absolute atomic E-state index is 0. The monoisotopic (exact) mass is 256 g/mol. The van der Waals surface area contributed by atoms with E-state index >= 15 is 0 Å². The van der Waals surface area contributed by atoms with Crippen LogP contribution in [0.1, 0.15) is 34.3 Å². The van der Waals surface area contributed by atoms with Gasteiger partial charge in [0.05, 0.1) is 0 Å². The summed E-state index contributed by atoms with van der Waals surface area (Å²) < 4.78 is 0. The molecule has 96 valence electrons. The maximum Gasteiger partial charge on any atom is 0.251 e. The Morgan fingerprint density at radius 2 is 2.00 bits per heavy atom.